The molecule has 0 aliphatic carbocycles. The van der Waals surface area contributed by atoms with E-state index in [0.717, 1.165) is 32.4 Å². The van der Waals surface area contributed by atoms with Gasteiger partial charge in [0, 0.05) is 13.1 Å². The molecule has 1 amide bonds. The van der Waals surface area contributed by atoms with Gasteiger partial charge < -0.3 is 10.0 Å². The molecule has 2 rings (SSSR count). The number of piperidine rings is 1. The van der Waals surface area contributed by atoms with Gasteiger partial charge in [0.15, 0.2) is 0 Å². The predicted molar refractivity (Wildman–Crippen MR) is 72.3 cm³/mol. The van der Waals surface area contributed by atoms with Crippen LogP contribution >= 0.6 is 0 Å². The first kappa shape index (κ1) is 13.6. The number of hydrogen-bond donors (Lipinski definition) is 1. The molecule has 0 bridgehead atoms. The Kier molecular flexibility index (Phi) is 4.20. The lowest BCUT2D eigenvalue weighted by molar-refractivity contribution is 0.0650. The van der Waals surface area contributed by atoms with E-state index in [1.54, 1.807) is 23.1 Å². The maximum atomic E-state index is 12.4. The number of carboxylic acids is 1. The van der Waals surface area contributed by atoms with Crippen LogP contribution in [0.4, 0.5) is 0 Å². The van der Waals surface area contributed by atoms with Crippen molar-refractivity contribution in [1.82, 2.24) is 4.90 Å². The highest BCUT2D eigenvalue weighted by Gasteiger charge is 2.25. The second-order valence-corrected chi connectivity index (χ2v) is 4.99. The Labute approximate surface area is 113 Å². The Morgan fingerprint density at radius 3 is 2.32 bits per heavy atom. The molecule has 0 aromatic heterocycles. The molecular weight excluding hydrogens is 242 g/mol. The largest absolute Gasteiger partial charge is 0.478 e. The van der Waals surface area contributed by atoms with Gasteiger partial charge in [0.25, 0.3) is 5.91 Å². The summed E-state index contributed by atoms with van der Waals surface area (Å²) in [6.07, 6.45) is 3.17. The number of carbonyl (C=O) groups excluding carboxylic acids is 1. The Bertz CT molecular complexity index is 476. The van der Waals surface area contributed by atoms with E-state index in [9.17, 15) is 9.59 Å². The van der Waals surface area contributed by atoms with E-state index in [1.807, 2.05) is 0 Å². The average molecular weight is 261 g/mol. The number of likely N-dealkylation sites (tertiary alicyclic amines) is 1. The van der Waals surface area contributed by atoms with Gasteiger partial charge in [-0.25, -0.2) is 4.79 Å². The maximum absolute atomic E-state index is 12.4. The quantitative estimate of drug-likeness (QED) is 0.910. The molecule has 1 fully saturated rings. The van der Waals surface area contributed by atoms with Crippen molar-refractivity contribution in [3.05, 3.63) is 35.4 Å². The van der Waals surface area contributed by atoms with Gasteiger partial charge in [0.05, 0.1) is 11.1 Å². The Morgan fingerprint density at radius 2 is 1.79 bits per heavy atom. The zero-order valence-corrected chi connectivity index (χ0v) is 11.1. The summed E-state index contributed by atoms with van der Waals surface area (Å²) in [6, 6.07) is 6.42. The molecule has 102 valence electrons. The zero-order chi connectivity index (χ0) is 13.8. The average Bonchev–Trinajstić information content (AvgIpc) is 2.46. The molecule has 0 spiro atoms. The van der Waals surface area contributed by atoms with Crippen molar-refractivity contribution < 1.29 is 14.7 Å². The fraction of sp³-hybridized carbons (Fsp3) is 0.467. The summed E-state index contributed by atoms with van der Waals surface area (Å²) >= 11 is 0. The van der Waals surface area contributed by atoms with E-state index in [2.05, 4.69) is 6.92 Å². The van der Waals surface area contributed by atoms with Gasteiger partial charge in [0.1, 0.15) is 0 Å². The van der Waals surface area contributed by atoms with Crippen molar-refractivity contribution in [3.8, 4) is 0 Å². The molecule has 0 saturated carbocycles. The van der Waals surface area contributed by atoms with Crippen LogP contribution in [0.2, 0.25) is 0 Å². The van der Waals surface area contributed by atoms with Gasteiger partial charge in [-0.05, 0) is 30.9 Å². The first-order chi connectivity index (χ1) is 9.13. The number of carboxylic acid groups (broad SMARTS) is 1. The van der Waals surface area contributed by atoms with Crippen LogP contribution in [0.25, 0.3) is 0 Å². The van der Waals surface area contributed by atoms with Crippen molar-refractivity contribution in [2.24, 2.45) is 5.92 Å². The molecule has 4 heteroatoms. The lowest BCUT2D eigenvalue weighted by Crippen LogP contribution is -2.39. The third kappa shape index (κ3) is 2.95. The van der Waals surface area contributed by atoms with Crippen molar-refractivity contribution in [2.45, 2.75) is 26.2 Å². The van der Waals surface area contributed by atoms with Crippen LogP contribution in [0.5, 0.6) is 0 Å². The van der Waals surface area contributed by atoms with E-state index >= 15 is 0 Å². The van der Waals surface area contributed by atoms with E-state index < -0.39 is 5.97 Å². The van der Waals surface area contributed by atoms with Crippen LogP contribution in [0.3, 0.4) is 0 Å². The summed E-state index contributed by atoms with van der Waals surface area (Å²) in [5, 5.41) is 9.12. The topological polar surface area (TPSA) is 57.6 Å². The van der Waals surface area contributed by atoms with Crippen LogP contribution in [0.15, 0.2) is 24.3 Å². The third-order valence-corrected chi connectivity index (χ3v) is 3.87. The molecule has 0 atom stereocenters. The number of rotatable bonds is 3. The molecule has 19 heavy (non-hydrogen) atoms. The minimum absolute atomic E-state index is 0.0881. The van der Waals surface area contributed by atoms with E-state index in [0.29, 0.717) is 11.5 Å². The lowest BCUT2D eigenvalue weighted by atomic mass is 9.94. The smallest absolute Gasteiger partial charge is 0.336 e. The van der Waals surface area contributed by atoms with Crippen LogP contribution in [-0.4, -0.2) is 35.0 Å². The fourth-order valence-corrected chi connectivity index (χ4v) is 2.57. The molecule has 0 unspecified atom stereocenters. The summed E-state index contributed by atoms with van der Waals surface area (Å²) in [5.41, 5.74) is 0.384. The summed E-state index contributed by atoms with van der Waals surface area (Å²) in [7, 11) is 0. The molecular formula is C15H19NO3. The minimum atomic E-state index is -1.05. The van der Waals surface area contributed by atoms with Gasteiger partial charge in [0.2, 0.25) is 0 Å². The van der Waals surface area contributed by atoms with E-state index in [1.165, 1.54) is 6.07 Å². The Morgan fingerprint density at radius 1 is 1.21 bits per heavy atom. The number of benzene rings is 1. The number of carbonyl (C=O) groups is 2. The number of nitrogens with zero attached hydrogens (tertiary/aromatic N) is 1. The Balaban J connectivity index is 2.15. The molecule has 4 nitrogen and oxygen atoms in total. The lowest BCUT2D eigenvalue weighted by Gasteiger charge is -2.31. The van der Waals surface area contributed by atoms with Gasteiger partial charge in [-0.3, -0.25) is 4.79 Å². The van der Waals surface area contributed by atoms with Crippen LogP contribution in [0, 0.1) is 5.92 Å². The molecule has 1 aromatic rings. The molecule has 1 N–H and O–H groups in total. The van der Waals surface area contributed by atoms with Crippen LogP contribution in [-0.2, 0) is 0 Å². The second-order valence-electron chi connectivity index (χ2n) is 4.99. The molecule has 1 aromatic carbocycles. The minimum Gasteiger partial charge on any atom is -0.478 e. The predicted octanol–water partition coefficient (Wildman–Crippen LogP) is 2.65. The SMILES string of the molecule is CCC1CCN(C(=O)c2ccccc2C(=O)O)CC1. The highest BCUT2D eigenvalue weighted by molar-refractivity contribution is 6.04. The highest BCUT2D eigenvalue weighted by Crippen LogP contribution is 2.22. The first-order valence-corrected chi connectivity index (χ1v) is 6.75. The van der Waals surface area contributed by atoms with E-state index in [4.69, 9.17) is 5.11 Å². The standard InChI is InChI=1S/C15H19NO3/c1-2-11-7-9-16(10-8-11)14(17)12-5-3-4-6-13(12)15(18)19/h3-6,11H,2,7-10H2,1H3,(H,18,19). The normalized spacial score (nSPS) is 16.4. The van der Waals surface area contributed by atoms with Crippen molar-refractivity contribution in [3.63, 3.8) is 0 Å². The first-order valence-electron chi connectivity index (χ1n) is 6.75. The summed E-state index contributed by atoms with van der Waals surface area (Å²) in [4.78, 5) is 25.3. The highest BCUT2D eigenvalue weighted by atomic mass is 16.4. The van der Waals surface area contributed by atoms with Crippen molar-refractivity contribution in [2.75, 3.05) is 13.1 Å². The zero-order valence-electron chi connectivity index (χ0n) is 11.1. The van der Waals surface area contributed by atoms with E-state index in [-0.39, 0.29) is 11.5 Å². The van der Waals surface area contributed by atoms with Crippen LogP contribution in [0.1, 0.15) is 46.9 Å². The van der Waals surface area contributed by atoms with Gasteiger partial charge in [-0.15, -0.1) is 0 Å². The van der Waals surface area contributed by atoms with Gasteiger partial charge >= 0.3 is 5.97 Å². The number of aromatic carboxylic acids is 1. The molecule has 1 heterocycles. The van der Waals surface area contributed by atoms with Crippen LogP contribution < -0.4 is 0 Å². The number of amides is 1. The molecule has 0 radical (unpaired) electrons. The summed E-state index contributed by atoms with van der Waals surface area (Å²) < 4.78 is 0. The summed E-state index contributed by atoms with van der Waals surface area (Å²) in [5.74, 6) is -0.515. The molecule has 1 aliphatic heterocycles. The van der Waals surface area contributed by atoms with Crippen molar-refractivity contribution >= 4 is 11.9 Å². The van der Waals surface area contributed by atoms with Crippen molar-refractivity contribution in [1.29, 1.82) is 0 Å². The third-order valence-electron chi connectivity index (χ3n) is 3.87. The number of hydrogen-bond acceptors (Lipinski definition) is 2. The maximum Gasteiger partial charge on any atom is 0.336 e. The fourth-order valence-electron chi connectivity index (χ4n) is 2.57. The molecule has 1 aliphatic rings. The monoisotopic (exact) mass is 261 g/mol. The summed E-state index contributed by atoms with van der Waals surface area (Å²) in [6.45, 7) is 3.62. The molecule has 1 saturated heterocycles. The second kappa shape index (κ2) is 5.87. The Hall–Kier alpha value is -1.84. The van der Waals surface area contributed by atoms with Gasteiger partial charge in [-0.2, -0.15) is 0 Å². The van der Waals surface area contributed by atoms with Gasteiger partial charge in [-0.1, -0.05) is 25.5 Å².